The van der Waals surface area contributed by atoms with Gasteiger partial charge in [0, 0.05) is 17.4 Å². The van der Waals surface area contributed by atoms with Crippen molar-refractivity contribution in [2.45, 2.75) is 29.8 Å². The number of nitrogens with two attached hydrogens (primary N) is 1. The lowest BCUT2D eigenvalue weighted by Gasteiger charge is -2.06. The largest absolute Gasteiger partial charge is 0.368 e. The number of aromatic nitrogens is 3. The molecule has 1 aromatic carbocycles. The predicted molar refractivity (Wildman–Crippen MR) is 68.6 cm³/mol. The normalized spacial score (nSPS) is 14.8. The standard InChI is InChI=1S/C12H12F2N4S/c13-9-3-1-2-7(10(9)14)6-19-12-17-16-11(15)18(12)8-4-5-8/h1-3,8H,4-6H2,(H2,15,16). The van der Waals surface area contributed by atoms with Crippen molar-refractivity contribution in [3.05, 3.63) is 35.4 Å². The Hall–Kier alpha value is -1.63. The van der Waals surface area contributed by atoms with Gasteiger partial charge in [0.15, 0.2) is 16.8 Å². The molecule has 0 spiro atoms. The molecule has 1 fully saturated rings. The molecule has 0 saturated heterocycles. The summed E-state index contributed by atoms with van der Waals surface area (Å²) >= 11 is 1.31. The van der Waals surface area contributed by atoms with E-state index in [4.69, 9.17) is 5.73 Å². The van der Waals surface area contributed by atoms with Gasteiger partial charge in [-0.3, -0.25) is 4.57 Å². The molecule has 1 heterocycles. The van der Waals surface area contributed by atoms with Crippen molar-refractivity contribution >= 4 is 17.7 Å². The van der Waals surface area contributed by atoms with Crippen LogP contribution in [0.5, 0.6) is 0 Å². The molecule has 1 aromatic heterocycles. The van der Waals surface area contributed by atoms with E-state index in [1.165, 1.54) is 17.8 Å². The van der Waals surface area contributed by atoms with Crippen LogP contribution in [-0.4, -0.2) is 14.8 Å². The van der Waals surface area contributed by atoms with Gasteiger partial charge in [-0.15, -0.1) is 10.2 Å². The number of rotatable bonds is 4. The first kappa shape index (κ1) is 12.4. The second kappa shape index (κ2) is 4.80. The maximum Gasteiger partial charge on any atom is 0.222 e. The molecule has 1 aliphatic carbocycles. The van der Waals surface area contributed by atoms with Gasteiger partial charge in [0.1, 0.15) is 0 Å². The van der Waals surface area contributed by atoms with Crippen LogP contribution in [0.4, 0.5) is 14.7 Å². The smallest absolute Gasteiger partial charge is 0.222 e. The third-order valence-electron chi connectivity index (χ3n) is 2.99. The molecule has 2 N–H and O–H groups in total. The van der Waals surface area contributed by atoms with Gasteiger partial charge in [0.2, 0.25) is 5.95 Å². The van der Waals surface area contributed by atoms with E-state index in [2.05, 4.69) is 10.2 Å². The minimum atomic E-state index is -0.832. The van der Waals surface area contributed by atoms with E-state index in [0.717, 1.165) is 18.9 Å². The fraction of sp³-hybridized carbons (Fsp3) is 0.333. The summed E-state index contributed by atoms with van der Waals surface area (Å²) in [4.78, 5) is 0. The molecule has 0 atom stereocenters. The van der Waals surface area contributed by atoms with Crippen molar-refractivity contribution < 1.29 is 8.78 Å². The van der Waals surface area contributed by atoms with E-state index >= 15 is 0 Å². The average molecular weight is 282 g/mol. The maximum absolute atomic E-state index is 13.5. The van der Waals surface area contributed by atoms with Crippen LogP contribution in [0.15, 0.2) is 23.4 Å². The van der Waals surface area contributed by atoms with Crippen molar-refractivity contribution in [2.75, 3.05) is 5.73 Å². The fourth-order valence-corrected chi connectivity index (χ4v) is 2.85. The van der Waals surface area contributed by atoms with Gasteiger partial charge in [-0.05, 0) is 18.9 Å². The highest BCUT2D eigenvalue weighted by atomic mass is 32.2. The Labute approximate surface area is 113 Å². The monoisotopic (exact) mass is 282 g/mol. The molecule has 7 heteroatoms. The Morgan fingerprint density at radius 1 is 1.32 bits per heavy atom. The second-order valence-corrected chi connectivity index (χ2v) is 5.39. The topological polar surface area (TPSA) is 56.7 Å². The van der Waals surface area contributed by atoms with Crippen molar-refractivity contribution in [3.63, 3.8) is 0 Å². The van der Waals surface area contributed by atoms with Gasteiger partial charge in [0.25, 0.3) is 0 Å². The summed E-state index contributed by atoms with van der Waals surface area (Å²) in [6.45, 7) is 0. The van der Waals surface area contributed by atoms with Crippen LogP contribution in [0, 0.1) is 11.6 Å². The van der Waals surface area contributed by atoms with Gasteiger partial charge in [-0.25, -0.2) is 8.78 Å². The Balaban J connectivity index is 1.77. The van der Waals surface area contributed by atoms with Crippen molar-refractivity contribution in [1.29, 1.82) is 0 Å². The minimum Gasteiger partial charge on any atom is -0.368 e. The molecule has 1 aliphatic rings. The van der Waals surface area contributed by atoms with Crippen LogP contribution in [-0.2, 0) is 5.75 Å². The zero-order chi connectivity index (χ0) is 13.4. The lowest BCUT2D eigenvalue weighted by molar-refractivity contribution is 0.502. The van der Waals surface area contributed by atoms with Gasteiger partial charge in [0.05, 0.1) is 0 Å². The number of benzene rings is 1. The number of hydrogen-bond donors (Lipinski definition) is 1. The van der Waals surface area contributed by atoms with E-state index in [1.54, 1.807) is 6.07 Å². The van der Waals surface area contributed by atoms with Crippen LogP contribution in [0.1, 0.15) is 24.4 Å². The SMILES string of the molecule is Nc1nnc(SCc2cccc(F)c2F)n1C1CC1. The molecular weight excluding hydrogens is 270 g/mol. The number of nitrogens with zero attached hydrogens (tertiary/aromatic N) is 3. The van der Waals surface area contributed by atoms with Crippen LogP contribution in [0.2, 0.25) is 0 Å². The van der Waals surface area contributed by atoms with Crippen molar-refractivity contribution in [2.24, 2.45) is 0 Å². The predicted octanol–water partition coefficient (Wildman–Crippen LogP) is 2.77. The molecule has 100 valence electrons. The quantitative estimate of drug-likeness (QED) is 0.876. The van der Waals surface area contributed by atoms with Gasteiger partial charge in [-0.2, -0.15) is 0 Å². The van der Waals surface area contributed by atoms with Gasteiger partial charge < -0.3 is 5.73 Å². The molecule has 0 aliphatic heterocycles. The summed E-state index contributed by atoms with van der Waals surface area (Å²) in [6, 6.07) is 4.52. The summed E-state index contributed by atoms with van der Waals surface area (Å²) in [5, 5.41) is 8.47. The molecule has 3 rings (SSSR count). The van der Waals surface area contributed by atoms with Crippen molar-refractivity contribution in [1.82, 2.24) is 14.8 Å². The van der Waals surface area contributed by atoms with E-state index in [-0.39, 0.29) is 0 Å². The molecule has 0 radical (unpaired) electrons. The molecule has 0 amide bonds. The van der Waals surface area contributed by atoms with Crippen LogP contribution < -0.4 is 5.73 Å². The van der Waals surface area contributed by atoms with E-state index in [9.17, 15) is 8.78 Å². The summed E-state index contributed by atoms with van der Waals surface area (Å²) < 4.78 is 28.5. The highest BCUT2D eigenvalue weighted by Crippen LogP contribution is 2.39. The lowest BCUT2D eigenvalue weighted by atomic mass is 10.2. The van der Waals surface area contributed by atoms with E-state index in [0.29, 0.717) is 28.5 Å². The third-order valence-corrected chi connectivity index (χ3v) is 3.98. The molecule has 4 nitrogen and oxygen atoms in total. The molecule has 0 unspecified atom stereocenters. The molecule has 1 saturated carbocycles. The average Bonchev–Trinajstić information content (AvgIpc) is 3.16. The maximum atomic E-state index is 13.5. The Kier molecular flexibility index (Phi) is 3.14. The summed E-state index contributed by atoms with van der Waals surface area (Å²) in [5.41, 5.74) is 6.06. The number of thioether (sulfide) groups is 1. The first-order chi connectivity index (χ1) is 9.16. The number of halogens is 2. The summed E-state index contributed by atoms with van der Waals surface area (Å²) in [5.74, 6) is -0.958. The summed E-state index contributed by atoms with van der Waals surface area (Å²) in [6.07, 6.45) is 2.12. The number of anilines is 1. The molecule has 19 heavy (non-hydrogen) atoms. The van der Waals surface area contributed by atoms with Crippen LogP contribution in [0.3, 0.4) is 0 Å². The fourth-order valence-electron chi connectivity index (χ4n) is 1.86. The summed E-state index contributed by atoms with van der Waals surface area (Å²) in [7, 11) is 0. The van der Waals surface area contributed by atoms with Gasteiger partial charge in [-0.1, -0.05) is 23.9 Å². The lowest BCUT2D eigenvalue weighted by Crippen LogP contribution is -2.02. The Bertz CT molecular complexity index is 610. The second-order valence-electron chi connectivity index (χ2n) is 4.44. The van der Waals surface area contributed by atoms with Gasteiger partial charge >= 0.3 is 0 Å². The molecule has 0 bridgehead atoms. The first-order valence-electron chi connectivity index (χ1n) is 5.93. The van der Waals surface area contributed by atoms with E-state index < -0.39 is 11.6 Å². The van der Waals surface area contributed by atoms with E-state index in [1.807, 2.05) is 4.57 Å². The molecule has 2 aromatic rings. The van der Waals surface area contributed by atoms with Crippen LogP contribution in [0.25, 0.3) is 0 Å². The van der Waals surface area contributed by atoms with Crippen LogP contribution >= 0.6 is 11.8 Å². The van der Waals surface area contributed by atoms with Crippen molar-refractivity contribution in [3.8, 4) is 0 Å². The number of nitrogen functional groups attached to an aromatic ring is 1. The first-order valence-corrected chi connectivity index (χ1v) is 6.91. The Morgan fingerprint density at radius 3 is 2.84 bits per heavy atom. The molecular formula is C12H12F2N4S. The highest BCUT2D eigenvalue weighted by Gasteiger charge is 2.28. The minimum absolute atomic E-state index is 0.300. The zero-order valence-electron chi connectivity index (χ0n) is 10.0. The number of hydrogen-bond acceptors (Lipinski definition) is 4. The zero-order valence-corrected chi connectivity index (χ0v) is 10.8. The third kappa shape index (κ3) is 2.42. The Morgan fingerprint density at radius 2 is 2.11 bits per heavy atom. The highest BCUT2D eigenvalue weighted by molar-refractivity contribution is 7.98.